The Balaban J connectivity index is 2.74. The van der Waals surface area contributed by atoms with Crippen LogP contribution in [0.25, 0.3) is 0 Å². The fourth-order valence-electron chi connectivity index (χ4n) is 2.12. The van der Waals surface area contributed by atoms with Crippen molar-refractivity contribution < 1.29 is 14.7 Å². The van der Waals surface area contributed by atoms with Crippen LogP contribution in [0.2, 0.25) is 0 Å². The van der Waals surface area contributed by atoms with Crippen molar-refractivity contribution in [2.24, 2.45) is 11.8 Å². The molecule has 1 N–H and O–H groups in total. The molecular formula is C11H19NO3. The summed E-state index contributed by atoms with van der Waals surface area (Å²) in [5, 5.41) is 9.01. The Morgan fingerprint density at radius 1 is 1.40 bits per heavy atom. The van der Waals surface area contributed by atoms with E-state index in [1.807, 2.05) is 20.8 Å². The van der Waals surface area contributed by atoms with Crippen molar-refractivity contribution in [2.75, 3.05) is 6.54 Å². The van der Waals surface area contributed by atoms with Crippen molar-refractivity contribution in [2.45, 2.75) is 39.7 Å². The lowest BCUT2D eigenvalue weighted by Crippen LogP contribution is -2.50. The van der Waals surface area contributed by atoms with E-state index in [1.165, 1.54) is 0 Å². The van der Waals surface area contributed by atoms with E-state index in [9.17, 15) is 9.59 Å². The number of piperidine rings is 1. The molecule has 0 saturated carbocycles. The maximum Gasteiger partial charge on any atom is 0.308 e. The summed E-state index contributed by atoms with van der Waals surface area (Å²) in [6.45, 7) is 6.22. The van der Waals surface area contributed by atoms with Gasteiger partial charge in [-0.2, -0.15) is 0 Å². The Morgan fingerprint density at radius 3 is 2.47 bits per heavy atom. The number of aliphatic carboxylic acids is 1. The first-order valence-electron chi connectivity index (χ1n) is 5.48. The van der Waals surface area contributed by atoms with E-state index in [1.54, 1.807) is 4.90 Å². The second-order valence-electron chi connectivity index (χ2n) is 4.51. The molecule has 1 heterocycles. The van der Waals surface area contributed by atoms with Crippen molar-refractivity contribution >= 4 is 11.9 Å². The van der Waals surface area contributed by atoms with E-state index < -0.39 is 11.9 Å². The predicted molar refractivity (Wildman–Crippen MR) is 56.4 cm³/mol. The third-order valence-corrected chi connectivity index (χ3v) is 3.08. The Bertz CT molecular complexity index is 263. The first-order valence-corrected chi connectivity index (χ1v) is 5.48. The number of amides is 1. The molecule has 0 spiro atoms. The molecule has 0 aromatic rings. The van der Waals surface area contributed by atoms with Crippen molar-refractivity contribution in [1.82, 2.24) is 4.90 Å². The Hall–Kier alpha value is -1.06. The first-order chi connectivity index (χ1) is 6.95. The number of carboxylic acids is 1. The van der Waals surface area contributed by atoms with Crippen LogP contribution in [0.3, 0.4) is 0 Å². The summed E-state index contributed by atoms with van der Waals surface area (Å²) in [5.41, 5.74) is 0. The monoisotopic (exact) mass is 213 g/mol. The highest BCUT2D eigenvalue weighted by atomic mass is 16.4. The highest BCUT2D eigenvalue weighted by Crippen LogP contribution is 2.24. The summed E-state index contributed by atoms with van der Waals surface area (Å²) in [5.74, 6) is -1.18. The fourth-order valence-corrected chi connectivity index (χ4v) is 2.12. The van der Waals surface area contributed by atoms with Crippen LogP contribution in [0.5, 0.6) is 0 Å². The van der Waals surface area contributed by atoms with Crippen LogP contribution in [0.15, 0.2) is 0 Å². The highest BCUT2D eigenvalue weighted by molar-refractivity contribution is 5.80. The molecule has 0 aromatic heterocycles. The third-order valence-electron chi connectivity index (χ3n) is 3.08. The predicted octanol–water partition coefficient (Wildman–Crippen LogP) is 1.35. The quantitative estimate of drug-likeness (QED) is 0.753. The first kappa shape index (κ1) is 12.0. The van der Waals surface area contributed by atoms with Gasteiger partial charge >= 0.3 is 5.97 Å². The minimum Gasteiger partial charge on any atom is -0.481 e. The summed E-state index contributed by atoms with van der Waals surface area (Å²) in [7, 11) is 0. The molecule has 0 radical (unpaired) electrons. The Kier molecular flexibility index (Phi) is 3.72. The molecule has 0 unspecified atom stereocenters. The number of carboxylic acid groups (broad SMARTS) is 1. The molecule has 1 rings (SSSR count). The molecule has 0 aromatic carbocycles. The van der Waals surface area contributed by atoms with Crippen LogP contribution in [-0.2, 0) is 9.59 Å². The number of carbonyl (C=O) groups is 2. The smallest absolute Gasteiger partial charge is 0.308 e. The zero-order valence-electron chi connectivity index (χ0n) is 9.56. The molecule has 86 valence electrons. The van der Waals surface area contributed by atoms with E-state index in [-0.39, 0.29) is 17.9 Å². The van der Waals surface area contributed by atoms with E-state index >= 15 is 0 Å². The second-order valence-corrected chi connectivity index (χ2v) is 4.51. The molecule has 2 atom stereocenters. The van der Waals surface area contributed by atoms with Gasteiger partial charge in [0.1, 0.15) is 0 Å². The summed E-state index contributed by atoms with van der Waals surface area (Å²) in [4.78, 5) is 24.5. The van der Waals surface area contributed by atoms with Gasteiger partial charge in [0.25, 0.3) is 0 Å². The van der Waals surface area contributed by atoms with Gasteiger partial charge in [-0.25, -0.2) is 0 Å². The zero-order valence-corrected chi connectivity index (χ0v) is 9.56. The summed E-state index contributed by atoms with van der Waals surface area (Å²) < 4.78 is 0. The van der Waals surface area contributed by atoms with Gasteiger partial charge in [-0.15, -0.1) is 0 Å². The van der Waals surface area contributed by atoms with Crippen LogP contribution in [0.4, 0.5) is 0 Å². The molecule has 0 aliphatic carbocycles. The molecule has 1 saturated heterocycles. The van der Waals surface area contributed by atoms with Crippen LogP contribution in [-0.4, -0.2) is 34.5 Å². The maximum atomic E-state index is 11.8. The number of likely N-dealkylation sites (tertiary alicyclic amines) is 1. The number of hydrogen-bond donors (Lipinski definition) is 1. The average Bonchev–Trinajstić information content (AvgIpc) is 2.16. The maximum absolute atomic E-state index is 11.8. The molecule has 1 aliphatic rings. The second kappa shape index (κ2) is 4.64. The molecule has 1 aliphatic heterocycles. The lowest BCUT2D eigenvalue weighted by molar-refractivity contribution is -0.150. The molecule has 15 heavy (non-hydrogen) atoms. The number of rotatable bonds is 2. The lowest BCUT2D eigenvalue weighted by Gasteiger charge is -2.38. The topological polar surface area (TPSA) is 57.6 Å². The summed E-state index contributed by atoms with van der Waals surface area (Å²) in [6.07, 6.45) is 1.47. The van der Waals surface area contributed by atoms with Crippen molar-refractivity contribution in [3.8, 4) is 0 Å². The Morgan fingerprint density at radius 2 is 2.00 bits per heavy atom. The number of nitrogens with zero attached hydrogens (tertiary/aromatic N) is 1. The third kappa shape index (κ3) is 2.49. The molecular weight excluding hydrogens is 194 g/mol. The van der Waals surface area contributed by atoms with Gasteiger partial charge in [-0.1, -0.05) is 13.8 Å². The summed E-state index contributed by atoms with van der Waals surface area (Å²) >= 11 is 0. The van der Waals surface area contributed by atoms with Gasteiger partial charge in [-0.3, -0.25) is 9.59 Å². The fraction of sp³-hybridized carbons (Fsp3) is 0.818. The molecule has 0 bridgehead atoms. The zero-order chi connectivity index (χ0) is 11.6. The van der Waals surface area contributed by atoms with Crippen LogP contribution in [0.1, 0.15) is 33.6 Å². The van der Waals surface area contributed by atoms with Crippen LogP contribution in [0, 0.1) is 11.8 Å². The number of hydrogen-bond acceptors (Lipinski definition) is 2. The van der Waals surface area contributed by atoms with E-state index in [4.69, 9.17) is 5.11 Å². The Labute approximate surface area is 90.3 Å². The number of carbonyl (C=O) groups excluding carboxylic acids is 1. The summed E-state index contributed by atoms with van der Waals surface area (Å²) in [6, 6.07) is -0.175. The minimum atomic E-state index is -0.788. The van der Waals surface area contributed by atoms with Crippen LogP contribution >= 0.6 is 0 Å². The van der Waals surface area contributed by atoms with Crippen molar-refractivity contribution in [1.29, 1.82) is 0 Å². The SMILES string of the molecule is CC(C)C(=O)N1CCC[C@H](C(=O)O)[C@@H]1C. The lowest BCUT2D eigenvalue weighted by atomic mass is 9.89. The van der Waals surface area contributed by atoms with Gasteiger partial charge in [0, 0.05) is 18.5 Å². The normalized spacial score (nSPS) is 26.8. The van der Waals surface area contributed by atoms with Crippen molar-refractivity contribution in [3.05, 3.63) is 0 Å². The van der Waals surface area contributed by atoms with Crippen molar-refractivity contribution in [3.63, 3.8) is 0 Å². The van der Waals surface area contributed by atoms with Gasteiger partial charge in [-0.05, 0) is 19.8 Å². The minimum absolute atomic E-state index is 0.0556. The molecule has 4 heteroatoms. The molecule has 1 amide bonds. The van der Waals surface area contributed by atoms with Gasteiger partial charge < -0.3 is 10.0 Å². The largest absolute Gasteiger partial charge is 0.481 e. The van der Waals surface area contributed by atoms with E-state index in [0.29, 0.717) is 13.0 Å². The van der Waals surface area contributed by atoms with Gasteiger partial charge in [0.05, 0.1) is 5.92 Å². The van der Waals surface area contributed by atoms with Crippen LogP contribution < -0.4 is 0 Å². The molecule has 1 fully saturated rings. The van der Waals surface area contributed by atoms with E-state index in [2.05, 4.69) is 0 Å². The average molecular weight is 213 g/mol. The van der Waals surface area contributed by atoms with E-state index in [0.717, 1.165) is 6.42 Å². The standard InChI is InChI=1S/C11H19NO3/c1-7(2)10(13)12-6-4-5-9(8(12)3)11(14)15/h7-9H,4-6H2,1-3H3,(H,14,15)/t8-,9-/m0/s1. The molecule has 4 nitrogen and oxygen atoms in total. The van der Waals surface area contributed by atoms with Gasteiger partial charge in [0.2, 0.25) is 5.91 Å². The highest BCUT2D eigenvalue weighted by Gasteiger charge is 2.35. The van der Waals surface area contributed by atoms with Gasteiger partial charge in [0.15, 0.2) is 0 Å².